The number of hydrogen-bond donors (Lipinski definition) is 0. The Hall–Kier alpha value is -0.310. The van der Waals surface area contributed by atoms with Crippen molar-refractivity contribution in [3.63, 3.8) is 0 Å². The lowest BCUT2D eigenvalue weighted by Gasteiger charge is -2.14. The molecule has 1 heterocycles. The van der Waals surface area contributed by atoms with Crippen molar-refractivity contribution in [1.29, 1.82) is 0 Å². The monoisotopic (exact) mass is 272 g/mol. The van der Waals surface area contributed by atoms with Gasteiger partial charge in [0.1, 0.15) is 5.82 Å². The maximum absolute atomic E-state index is 4.23. The van der Waals surface area contributed by atoms with Crippen LogP contribution < -0.4 is 0 Å². The van der Waals surface area contributed by atoms with Gasteiger partial charge in [0, 0.05) is 23.8 Å². The fourth-order valence-electron chi connectivity index (χ4n) is 1.69. The quantitative estimate of drug-likeness (QED) is 0.721. The van der Waals surface area contributed by atoms with Crippen LogP contribution in [0.4, 0.5) is 0 Å². The number of hydrogen-bond acceptors (Lipinski definition) is 1. The molecule has 0 amide bonds. The Bertz CT molecular complexity index is 283. The number of rotatable bonds is 6. The van der Waals surface area contributed by atoms with Crippen molar-refractivity contribution in [3.05, 3.63) is 18.2 Å². The molecule has 0 bridgehead atoms. The summed E-state index contributed by atoms with van der Waals surface area (Å²) < 4.78 is 2.24. The second-order valence-electron chi connectivity index (χ2n) is 4.31. The highest BCUT2D eigenvalue weighted by Crippen LogP contribution is 2.17. The normalized spacial score (nSPS) is 15.2. The molecule has 0 saturated heterocycles. The lowest BCUT2D eigenvalue weighted by atomic mass is 10.0. The first-order valence-corrected chi connectivity index (χ1v) is 6.66. The van der Waals surface area contributed by atoms with Crippen LogP contribution in [-0.2, 0) is 6.54 Å². The van der Waals surface area contributed by atoms with Crippen LogP contribution in [0.5, 0.6) is 0 Å². The molecule has 0 aliphatic carbocycles. The van der Waals surface area contributed by atoms with Gasteiger partial charge in [-0.2, -0.15) is 0 Å². The maximum atomic E-state index is 4.23. The zero-order chi connectivity index (χ0) is 11.3. The number of aryl methyl sites for hydroxylation is 1. The SMILES string of the molecule is CCC(Br)CCC(C)Cn1ccnc1C. The predicted octanol–water partition coefficient (Wildman–Crippen LogP) is 3.78. The molecule has 0 aliphatic rings. The molecule has 0 spiro atoms. The fourth-order valence-corrected chi connectivity index (χ4v) is 1.96. The molecule has 0 aliphatic heterocycles. The first-order chi connectivity index (χ1) is 7.13. The first kappa shape index (κ1) is 12.8. The highest BCUT2D eigenvalue weighted by atomic mass is 79.9. The van der Waals surface area contributed by atoms with E-state index in [0.29, 0.717) is 4.83 Å². The van der Waals surface area contributed by atoms with E-state index in [2.05, 4.69) is 52.4 Å². The van der Waals surface area contributed by atoms with Gasteiger partial charge in [0.15, 0.2) is 0 Å². The van der Waals surface area contributed by atoms with E-state index in [9.17, 15) is 0 Å². The molecule has 0 saturated carbocycles. The van der Waals surface area contributed by atoms with Gasteiger partial charge in [0.25, 0.3) is 0 Å². The summed E-state index contributed by atoms with van der Waals surface area (Å²) in [6.45, 7) is 7.69. The van der Waals surface area contributed by atoms with E-state index in [1.54, 1.807) is 0 Å². The zero-order valence-corrected chi connectivity index (χ0v) is 11.5. The molecule has 2 nitrogen and oxygen atoms in total. The second kappa shape index (κ2) is 6.31. The number of imidazole rings is 1. The van der Waals surface area contributed by atoms with E-state index < -0.39 is 0 Å². The van der Waals surface area contributed by atoms with Crippen LogP contribution in [0, 0.1) is 12.8 Å². The summed E-state index contributed by atoms with van der Waals surface area (Å²) in [5.41, 5.74) is 0. The minimum atomic E-state index is 0.684. The standard InChI is InChI=1S/C12H21BrN2/c1-4-12(13)6-5-10(2)9-15-8-7-14-11(15)3/h7-8,10,12H,4-6,9H2,1-3H3. The van der Waals surface area contributed by atoms with E-state index >= 15 is 0 Å². The molecule has 0 N–H and O–H groups in total. The summed E-state index contributed by atoms with van der Waals surface area (Å²) >= 11 is 3.68. The van der Waals surface area contributed by atoms with E-state index in [1.165, 1.54) is 19.3 Å². The van der Waals surface area contributed by atoms with Gasteiger partial charge in [-0.1, -0.05) is 29.8 Å². The number of alkyl halides is 1. The Morgan fingerprint density at radius 1 is 1.47 bits per heavy atom. The smallest absolute Gasteiger partial charge is 0.105 e. The van der Waals surface area contributed by atoms with E-state index in [0.717, 1.165) is 18.3 Å². The van der Waals surface area contributed by atoms with Gasteiger partial charge < -0.3 is 4.57 Å². The average molecular weight is 273 g/mol. The van der Waals surface area contributed by atoms with Gasteiger partial charge >= 0.3 is 0 Å². The molecule has 0 aromatic carbocycles. The first-order valence-electron chi connectivity index (χ1n) is 5.75. The molecule has 3 heteroatoms. The molecule has 86 valence electrons. The molecule has 2 atom stereocenters. The summed E-state index contributed by atoms with van der Waals surface area (Å²) in [7, 11) is 0. The van der Waals surface area contributed by atoms with Crippen molar-refractivity contribution in [2.24, 2.45) is 5.92 Å². The molecule has 1 rings (SSSR count). The third kappa shape index (κ3) is 4.37. The van der Waals surface area contributed by atoms with Gasteiger partial charge in [0.2, 0.25) is 0 Å². The number of nitrogens with zero attached hydrogens (tertiary/aromatic N) is 2. The Balaban J connectivity index is 2.30. The van der Waals surface area contributed by atoms with Gasteiger partial charge in [-0.15, -0.1) is 0 Å². The van der Waals surface area contributed by atoms with E-state index in [-0.39, 0.29) is 0 Å². The Kier molecular flexibility index (Phi) is 5.37. The lowest BCUT2D eigenvalue weighted by Crippen LogP contribution is -2.10. The third-order valence-electron chi connectivity index (χ3n) is 2.85. The molecular weight excluding hydrogens is 252 g/mol. The van der Waals surface area contributed by atoms with Gasteiger partial charge in [0.05, 0.1) is 0 Å². The van der Waals surface area contributed by atoms with Crippen LogP contribution in [0.25, 0.3) is 0 Å². The van der Waals surface area contributed by atoms with Crippen LogP contribution in [0.1, 0.15) is 38.9 Å². The second-order valence-corrected chi connectivity index (χ2v) is 5.61. The average Bonchev–Trinajstić information content (AvgIpc) is 2.61. The van der Waals surface area contributed by atoms with Crippen LogP contribution >= 0.6 is 15.9 Å². The van der Waals surface area contributed by atoms with Crippen LogP contribution in [0.3, 0.4) is 0 Å². The van der Waals surface area contributed by atoms with E-state index in [1.807, 2.05) is 6.20 Å². The third-order valence-corrected chi connectivity index (χ3v) is 3.95. The summed E-state index contributed by atoms with van der Waals surface area (Å²) in [5, 5.41) is 0. The number of halogens is 1. The van der Waals surface area contributed by atoms with Gasteiger partial charge in [-0.25, -0.2) is 4.98 Å². The number of aromatic nitrogens is 2. The molecule has 1 aromatic rings. The van der Waals surface area contributed by atoms with Crippen molar-refractivity contribution < 1.29 is 0 Å². The molecular formula is C12H21BrN2. The highest BCUT2D eigenvalue weighted by Gasteiger charge is 2.08. The minimum absolute atomic E-state index is 0.684. The topological polar surface area (TPSA) is 17.8 Å². The Morgan fingerprint density at radius 2 is 2.20 bits per heavy atom. The van der Waals surface area contributed by atoms with Crippen LogP contribution in [-0.4, -0.2) is 14.4 Å². The van der Waals surface area contributed by atoms with Crippen LogP contribution in [0.15, 0.2) is 12.4 Å². The maximum Gasteiger partial charge on any atom is 0.105 e. The van der Waals surface area contributed by atoms with Crippen molar-refractivity contribution in [2.45, 2.75) is 51.4 Å². The zero-order valence-electron chi connectivity index (χ0n) is 9.91. The summed E-state index contributed by atoms with van der Waals surface area (Å²) in [5.74, 6) is 1.84. The molecule has 0 fully saturated rings. The highest BCUT2D eigenvalue weighted by molar-refractivity contribution is 9.09. The summed E-state index contributed by atoms with van der Waals surface area (Å²) in [4.78, 5) is 4.92. The molecule has 0 radical (unpaired) electrons. The van der Waals surface area contributed by atoms with Crippen molar-refractivity contribution >= 4 is 15.9 Å². The molecule has 15 heavy (non-hydrogen) atoms. The van der Waals surface area contributed by atoms with Crippen molar-refractivity contribution in [2.75, 3.05) is 0 Å². The largest absolute Gasteiger partial charge is 0.335 e. The molecule has 2 unspecified atom stereocenters. The van der Waals surface area contributed by atoms with Crippen molar-refractivity contribution in [1.82, 2.24) is 9.55 Å². The Labute approximate surface area is 101 Å². The van der Waals surface area contributed by atoms with E-state index in [4.69, 9.17) is 0 Å². The summed E-state index contributed by atoms with van der Waals surface area (Å²) in [6, 6.07) is 0. The van der Waals surface area contributed by atoms with Gasteiger partial charge in [-0.05, 0) is 32.1 Å². The van der Waals surface area contributed by atoms with Gasteiger partial charge in [-0.3, -0.25) is 0 Å². The Morgan fingerprint density at radius 3 is 2.73 bits per heavy atom. The summed E-state index contributed by atoms with van der Waals surface area (Å²) in [6.07, 6.45) is 7.71. The predicted molar refractivity (Wildman–Crippen MR) is 68.4 cm³/mol. The van der Waals surface area contributed by atoms with Crippen molar-refractivity contribution in [3.8, 4) is 0 Å². The van der Waals surface area contributed by atoms with Crippen LogP contribution in [0.2, 0.25) is 0 Å². The molecule has 1 aromatic heterocycles. The lowest BCUT2D eigenvalue weighted by molar-refractivity contribution is 0.429. The minimum Gasteiger partial charge on any atom is -0.335 e. The fraction of sp³-hybridized carbons (Fsp3) is 0.750.